The Hall–Kier alpha value is -1.95. The van der Waals surface area contributed by atoms with Crippen LogP contribution in [-0.4, -0.2) is 24.4 Å². The smallest absolute Gasteiger partial charge is 0.244 e. The van der Waals surface area contributed by atoms with Gasteiger partial charge >= 0.3 is 0 Å². The summed E-state index contributed by atoms with van der Waals surface area (Å²) in [6.07, 6.45) is 0.518. The predicted molar refractivity (Wildman–Crippen MR) is 74.8 cm³/mol. The van der Waals surface area contributed by atoms with Gasteiger partial charge in [0.25, 0.3) is 0 Å². The third-order valence-electron chi connectivity index (χ3n) is 3.28. The predicted octanol–water partition coefficient (Wildman–Crippen LogP) is 1.48. The fraction of sp³-hybridized carbons (Fsp3) is 0.429. The van der Waals surface area contributed by atoms with Crippen molar-refractivity contribution in [2.75, 3.05) is 16.8 Å². The lowest BCUT2D eigenvalue weighted by Gasteiger charge is -2.18. The Morgan fingerprint density at radius 3 is 2.70 bits per heavy atom. The van der Waals surface area contributed by atoms with Gasteiger partial charge in [-0.25, -0.2) is 4.39 Å². The number of benzene rings is 1. The van der Waals surface area contributed by atoms with Gasteiger partial charge in [-0.1, -0.05) is 13.8 Å². The average Bonchev–Trinajstić information content (AvgIpc) is 2.70. The minimum atomic E-state index is -0.560. The number of amides is 2. The molecule has 0 saturated carbocycles. The van der Waals surface area contributed by atoms with E-state index in [1.54, 1.807) is 19.9 Å². The molecule has 0 unspecified atom stereocenters. The molecule has 5 nitrogen and oxygen atoms in total. The van der Waals surface area contributed by atoms with Crippen LogP contribution in [0.1, 0.15) is 20.3 Å². The van der Waals surface area contributed by atoms with Gasteiger partial charge in [-0.05, 0) is 24.6 Å². The summed E-state index contributed by atoms with van der Waals surface area (Å²) in [5, 5.41) is 2.61. The molecule has 3 N–H and O–H groups in total. The molecular formula is C14H18FN3O2. The molecular weight excluding hydrogens is 261 g/mol. The Kier molecular flexibility index (Phi) is 4.04. The van der Waals surface area contributed by atoms with Crippen LogP contribution in [0.3, 0.4) is 0 Å². The van der Waals surface area contributed by atoms with E-state index in [2.05, 4.69) is 5.32 Å². The van der Waals surface area contributed by atoms with E-state index in [1.807, 2.05) is 0 Å². The lowest BCUT2D eigenvalue weighted by Crippen LogP contribution is -2.34. The van der Waals surface area contributed by atoms with Crippen molar-refractivity contribution in [2.45, 2.75) is 26.3 Å². The van der Waals surface area contributed by atoms with Crippen LogP contribution in [0.4, 0.5) is 15.8 Å². The Morgan fingerprint density at radius 2 is 2.20 bits per heavy atom. The number of carbonyl (C=O) groups is 2. The van der Waals surface area contributed by atoms with Crippen LogP contribution >= 0.6 is 0 Å². The number of nitrogens with zero attached hydrogens (tertiary/aromatic N) is 1. The van der Waals surface area contributed by atoms with Crippen LogP contribution in [0.15, 0.2) is 18.2 Å². The number of hydrogen-bond acceptors (Lipinski definition) is 3. The van der Waals surface area contributed by atoms with Crippen LogP contribution < -0.4 is 16.0 Å². The highest BCUT2D eigenvalue weighted by molar-refractivity contribution is 5.99. The minimum absolute atomic E-state index is 0.184. The van der Waals surface area contributed by atoms with E-state index in [-0.39, 0.29) is 23.4 Å². The molecule has 2 rings (SSSR count). The zero-order valence-corrected chi connectivity index (χ0v) is 11.5. The highest BCUT2D eigenvalue weighted by atomic mass is 19.1. The molecule has 1 aromatic carbocycles. The normalized spacial score (nSPS) is 18.8. The van der Waals surface area contributed by atoms with Gasteiger partial charge in [0.05, 0.1) is 11.7 Å². The van der Waals surface area contributed by atoms with Crippen LogP contribution in [0.25, 0.3) is 0 Å². The number of nitrogens with one attached hydrogen (secondary N) is 1. The third kappa shape index (κ3) is 2.80. The Bertz CT molecular complexity index is 545. The van der Waals surface area contributed by atoms with Gasteiger partial charge in [-0.15, -0.1) is 0 Å². The Labute approximate surface area is 116 Å². The standard InChI is InChI=1S/C14H18FN3O2/c1-8(2)13(19)17-9-3-4-12(10(15)7-9)18-6-5-11(16)14(18)20/h3-4,7-8,11H,5-6,16H2,1-2H3,(H,17,19)/t11-/m0/s1. The molecule has 0 aromatic heterocycles. The van der Waals surface area contributed by atoms with Gasteiger partial charge in [0, 0.05) is 18.2 Å². The van der Waals surface area contributed by atoms with Crippen molar-refractivity contribution in [3.8, 4) is 0 Å². The molecule has 1 heterocycles. The van der Waals surface area contributed by atoms with Crippen molar-refractivity contribution in [1.29, 1.82) is 0 Å². The molecule has 108 valence electrons. The van der Waals surface area contributed by atoms with E-state index in [4.69, 9.17) is 5.73 Å². The fourth-order valence-corrected chi connectivity index (χ4v) is 2.03. The van der Waals surface area contributed by atoms with Gasteiger partial charge in [0.1, 0.15) is 5.82 Å². The molecule has 1 saturated heterocycles. The molecule has 2 amide bonds. The van der Waals surface area contributed by atoms with E-state index in [1.165, 1.54) is 17.0 Å². The second-order valence-corrected chi connectivity index (χ2v) is 5.20. The summed E-state index contributed by atoms with van der Waals surface area (Å²) in [6, 6.07) is 3.72. The van der Waals surface area contributed by atoms with Gasteiger partial charge in [-0.2, -0.15) is 0 Å². The Balaban J connectivity index is 2.18. The maximum Gasteiger partial charge on any atom is 0.244 e. The molecule has 1 aliphatic heterocycles. The van der Waals surface area contributed by atoms with Crippen LogP contribution in [-0.2, 0) is 9.59 Å². The second-order valence-electron chi connectivity index (χ2n) is 5.20. The lowest BCUT2D eigenvalue weighted by atomic mass is 10.2. The largest absolute Gasteiger partial charge is 0.326 e. The minimum Gasteiger partial charge on any atom is -0.326 e. The third-order valence-corrected chi connectivity index (χ3v) is 3.28. The number of anilines is 2. The number of rotatable bonds is 3. The first-order chi connectivity index (χ1) is 9.40. The lowest BCUT2D eigenvalue weighted by molar-refractivity contribution is -0.119. The fourth-order valence-electron chi connectivity index (χ4n) is 2.03. The van der Waals surface area contributed by atoms with Crippen molar-refractivity contribution in [3.63, 3.8) is 0 Å². The van der Waals surface area contributed by atoms with E-state index < -0.39 is 11.9 Å². The number of halogens is 1. The summed E-state index contributed by atoms with van der Waals surface area (Å²) in [5.41, 5.74) is 6.19. The summed E-state index contributed by atoms with van der Waals surface area (Å²) < 4.78 is 14.1. The topological polar surface area (TPSA) is 75.4 Å². The maximum absolute atomic E-state index is 14.1. The van der Waals surface area contributed by atoms with Crippen LogP contribution in [0.5, 0.6) is 0 Å². The van der Waals surface area contributed by atoms with Gasteiger partial charge in [0.15, 0.2) is 0 Å². The zero-order chi connectivity index (χ0) is 14.9. The van der Waals surface area contributed by atoms with E-state index in [0.29, 0.717) is 18.7 Å². The summed E-state index contributed by atoms with van der Waals surface area (Å²) in [7, 11) is 0. The molecule has 6 heteroatoms. The molecule has 0 aliphatic carbocycles. The molecule has 1 aliphatic rings. The number of hydrogen-bond donors (Lipinski definition) is 2. The highest BCUT2D eigenvalue weighted by Crippen LogP contribution is 2.26. The monoisotopic (exact) mass is 279 g/mol. The molecule has 1 atom stereocenters. The summed E-state index contributed by atoms with van der Waals surface area (Å²) in [4.78, 5) is 24.7. The summed E-state index contributed by atoms with van der Waals surface area (Å²) >= 11 is 0. The molecule has 0 radical (unpaired) electrons. The van der Waals surface area contributed by atoms with E-state index in [0.717, 1.165) is 0 Å². The van der Waals surface area contributed by atoms with E-state index in [9.17, 15) is 14.0 Å². The summed E-state index contributed by atoms with van der Waals surface area (Å²) in [6.45, 7) is 3.92. The van der Waals surface area contributed by atoms with Gasteiger partial charge in [-0.3, -0.25) is 9.59 Å². The molecule has 1 fully saturated rings. The average molecular weight is 279 g/mol. The molecule has 0 spiro atoms. The van der Waals surface area contributed by atoms with Crippen molar-refractivity contribution < 1.29 is 14.0 Å². The summed E-state index contributed by atoms with van der Waals surface area (Å²) in [5.74, 6) is -1.19. The first-order valence-corrected chi connectivity index (χ1v) is 6.57. The van der Waals surface area contributed by atoms with Crippen LogP contribution in [0.2, 0.25) is 0 Å². The first-order valence-electron chi connectivity index (χ1n) is 6.57. The molecule has 0 bridgehead atoms. The van der Waals surface area contributed by atoms with E-state index >= 15 is 0 Å². The van der Waals surface area contributed by atoms with Crippen LogP contribution in [0, 0.1) is 11.7 Å². The van der Waals surface area contributed by atoms with Crippen molar-refractivity contribution >= 4 is 23.2 Å². The van der Waals surface area contributed by atoms with Crippen molar-refractivity contribution in [2.24, 2.45) is 11.7 Å². The Morgan fingerprint density at radius 1 is 1.50 bits per heavy atom. The zero-order valence-electron chi connectivity index (χ0n) is 11.5. The van der Waals surface area contributed by atoms with Gasteiger partial charge in [0.2, 0.25) is 11.8 Å². The number of nitrogens with two attached hydrogens (primary N) is 1. The maximum atomic E-state index is 14.1. The quantitative estimate of drug-likeness (QED) is 0.880. The second kappa shape index (κ2) is 5.58. The molecule has 1 aromatic rings. The van der Waals surface area contributed by atoms with Crippen molar-refractivity contribution in [1.82, 2.24) is 0 Å². The van der Waals surface area contributed by atoms with Gasteiger partial charge < -0.3 is 16.0 Å². The highest BCUT2D eigenvalue weighted by Gasteiger charge is 2.31. The first kappa shape index (κ1) is 14.5. The number of carbonyl (C=O) groups excluding carboxylic acids is 2. The SMILES string of the molecule is CC(C)C(=O)Nc1ccc(N2CC[C@H](N)C2=O)c(F)c1. The molecule has 20 heavy (non-hydrogen) atoms. The van der Waals surface area contributed by atoms with Crippen molar-refractivity contribution in [3.05, 3.63) is 24.0 Å².